The minimum Gasteiger partial charge on any atom is -0.497 e. The highest BCUT2D eigenvalue weighted by atomic mass is 32.2. The first-order valence-electron chi connectivity index (χ1n) is 10.9. The number of hydrogen-bond donors (Lipinski definition) is 1. The van der Waals surface area contributed by atoms with Crippen LogP contribution in [0.5, 0.6) is 5.75 Å². The van der Waals surface area contributed by atoms with Crippen LogP contribution in [-0.4, -0.2) is 43.8 Å². The third kappa shape index (κ3) is 4.44. The van der Waals surface area contributed by atoms with Gasteiger partial charge in [0.05, 0.1) is 12.0 Å². The minimum atomic E-state index is -3.53. The largest absolute Gasteiger partial charge is 0.497 e. The molecule has 0 spiro atoms. The van der Waals surface area contributed by atoms with Crippen molar-refractivity contribution in [2.75, 3.05) is 25.5 Å². The Morgan fingerprint density at radius 1 is 1.09 bits per heavy atom. The number of thiazole rings is 1. The van der Waals surface area contributed by atoms with E-state index in [9.17, 15) is 13.2 Å². The molecule has 5 rings (SSSR count). The van der Waals surface area contributed by atoms with E-state index in [1.807, 2.05) is 24.3 Å². The highest BCUT2D eigenvalue weighted by Crippen LogP contribution is 2.32. The van der Waals surface area contributed by atoms with E-state index in [1.54, 1.807) is 12.5 Å². The Morgan fingerprint density at radius 2 is 1.85 bits per heavy atom. The zero-order chi connectivity index (χ0) is 23.7. The summed E-state index contributed by atoms with van der Waals surface area (Å²) in [6.45, 7) is 1.07. The molecule has 1 aliphatic rings. The molecule has 1 N–H and O–H groups in total. The minimum absolute atomic E-state index is 0.198. The molecule has 0 saturated carbocycles. The summed E-state index contributed by atoms with van der Waals surface area (Å²) in [5.41, 5.74) is 1.65. The van der Waals surface area contributed by atoms with Crippen LogP contribution in [0.25, 0.3) is 22.4 Å². The number of amides is 1. The molecule has 34 heavy (non-hydrogen) atoms. The Bertz CT molecular complexity index is 1440. The molecular weight excluding hydrogens is 474 g/mol. The summed E-state index contributed by atoms with van der Waals surface area (Å²) in [6, 6.07) is 13.5. The lowest BCUT2D eigenvalue weighted by Crippen LogP contribution is -2.35. The number of anilines is 1. The summed E-state index contributed by atoms with van der Waals surface area (Å²) in [5.74, 6) is 0.929. The van der Waals surface area contributed by atoms with Gasteiger partial charge in [-0.05, 0) is 55.3 Å². The van der Waals surface area contributed by atoms with Gasteiger partial charge in [0.25, 0.3) is 5.91 Å². The molecule has 1 saturated heterocycles. The summed E-state index contributed by atoms with van der Waals surface area (Å²) in [5, 5.41) is 5.92. The molecule has 2 aromatic carbocycles. The molecule has 176 valence electrons. The fourth-order valence-electron chi connectivity index (χ4n) is 3.91. The van der Waals surface area contributed by atoms with Gasteiger partial charge >= 0.3 is 0 Å². The number of nitrogens with one attached hydrogen (secondary N) is 1. The van der Waals surface area contributed by atoms with E-state index in [2.05, 4.69) is 10.3 Å². The van der Waals surface area contributed by atoms with Gasteiger partial charge in [0.15, 0.2) is 10.9 Å². The van der Waals surface area contributed by atoms with Crippen LogP contribution in [0.3, 0.4) is 0 Å². The SMILES string of the molecule is COc1ccc2cc(-c3csc(NC(=O)c4ccc(S(=O)(=O)N5CCCCC5)cc4)n3)oc2c1. The first-order valence-corrected chi connectivity index (χ1v) is 13.2. The normalized spacial score (nSPS) is 14.9. The Hall–Kier alpha value is -3.21. The third-order valence-electron chi connectivity index (χ3n) is 5.77. The number of furan rings is 1. The number of nitrogens with zero attached hydrogens (tertiary/aromatic N) is 2. The monoisotopic (exact) mass is 497 g/mol. The van der Waals surface area contributed by atoms with Gasteiger partial charge in [-0.3, -0.25) is 10.1 Å². The van der Waals surface area contributed by atoms with Crippen molar-refractivity contribution in [1.29, 1.82) is 0 Å². The molecular formula is C24H23N3O5S2. The Kier molecular flexibility index (Phi) is 6.11. The summed E-state index contributed by atoms with van der Waals surface area (Å²) in [6.07, 6.45) is 2.80. The van der Waals surface area contributed by atoms with E-state index in [-0.39, 0.29) is 10.8 Å². The van der Waals surface area contributed by atoms with E-state index < -0.39 is 10.0 Å². The lowest BCUT2D eigenvalue weighted by Gasteiger charge is -2.25. The van der Waals surface area contributed by atoms with Gasteiger partial charge in [-0.15, -0.1) is 11.3 Å². The topological polar surface area (TPSA) is 102 Å². The van der Waals surface area contributed by atoms with Crippen molar-refractivity contribution in [3.8, 4) is 17.2 Å². The van der Waals surface area contributed by atoms with Crippen LogP contribution >= 0.6 is 11.3 Å². The second-order valence-electron chi connectivity index (χ2n) is 8.00. The van der Waals surface area contributed by atoms with Crippen LogP contribution in [-0.2, 0) is 10.0 Å². The summed E-state index contributed by atoms with van der Waals surface area (Å²) < 4.78 is 38.2. The smallest absolute Gasteiger partial charge is 0.257 e. The zero-order valence-electron chi connectivity index (χ0n) is 18.5. The molecule has 1 fully saturated rings. The molecule has 3 heterocycles. The second kappa shape index (κ2) is 9.21. The molecule has 10 heteroatoms. The summed E-state index contributed by atoms with van der Waals surface area (Å²) in [4.78, 5) is 17.4. The number of methoxy groups -OCH3 is 1. The molecule has 0 atom stereocenters. The maximum atomic E-state index is 12.8. The van der Waals surface area contributed by atoms with Crippen molar-refractivity contribution >= 4 is 43.4 Å². The number of aromatic nitrogens is 1. The maximum Gasteiger partial charge on any atom is 0.257 e. The lowest BCUT2D eigenvalue weighted by molar-refractivity contribution is 0.102. The van der Waals surface area contributed by atoms with Crippen LogP contribution < -0.4 is 10.1 Å². The van der Waals surface area contributed by atoms with Crippen molar-refractivity contribution in [3.05, 3.63) is 59.5 Å². The molecule has 2 aromatic heterocycles. The molecule has 8 nitrogen and oxygen atoms in total. The van der Waals surface area contributed by atoms with Gasteiger partial charge < -0.3 is 9.15 Å². The Morgan fingerprint density at radius 3 is 2.59 bits per heavy atom. The van der Waals surface area contributed by atoms with E-state index in [1.165, 1.54) is 39.9 Å². The van der Waals surface area contributed by atoms with Crippen molar-refractivity contribution in [2.45, 2.75) is 24.2 Å². The second-order valence-corrected chi connectivity index (χ2v) is 10.8. The van der Waals surface area contributed by atoms with Gasteiger partial charge in [-0.25, -0.2) is 13.4 Å². The Labute approximate surface area is 201 Å². The number of benzene rings is 2. The average Bonchev–Trinajstić information content (AvgIpc) is 3.51. The molecule has 0 radical (unpaired) electrons. The molecule has 0 unspecified atom stereocenters. The molecule has 1 aliphatic heterocycles. The molecule has 0 bridgehead atoms. The standard InChI is InChI=1S/C24H23N3O5S2/c1-31-18-8-5-17-13-22(32-21(17)14-18)20-15-33-24(25-20)26-23(28)16-6-9-19(10-7-16)34(29,30)27-11-3-2-4-12-27/h5-10,13-15H,2-4,11-12H2,1H3,(H,25,26,28). The van der Waals surface area contributed by atoms with E-state index in [4.69, 9.17) is 9.15 Å². The number of hydrogen-bond acceptors (Lipinski definition) is 7. The van der Waals surface area contributed by atoms with Gasteiger partial charge in [-0.2, -0.15) is 4.31 Å². The van der Waals surface area contributed by atoms with Crippen LogP contribution in [0.1, 0.15) is 29.6 Å². The predicted molar refractivity (Wildman–Crippen MR) is 131 cm³/mol. The summed E-state index contributed by atoms with van der Waals surface area (Å²) in [7, 11) is -1.93. The molecule has 0 aliphatic carbocycles. The fraction of sp³-hybridized carbons (Fsp3) is 0.250. The number of ether oxygens (including phenoxy) is 1. The van der Waals surface area contributed by atoms with Crippen LogP contribution in [0.15, 0.2) is 63.2 Å². The lowest BCUT2D eigenvalue weighted by atomic mass is 10.2. The summed E-state index contributed by atoms with van der Waals surface area (Å²) >= 11 is 1.28. The van der Waals surface area contributed by atoms with Crippen molar-refractivity contribution in [3.63, 3.8) is 0 Å². The number of carbonyl (C=O) groups excluding carboxylic acids is 1. The number of piperidine rings is 1. The molecule has 4 aromatic rings. The number of sulfonamides is 1. The van der Waals surface area contributed by atoms with Gasteiger partial charge in [0.2, 0.25) is 10.0 Å². The first-order chi connectivity index (χ1) is 16.4. The maximum absolute atomic E-state index is 12.8. The quantitative estimate of drug-likeness (QED) is 0.403. The van der Waals surface area contributed by atoms with Gasteiger partial charge in [0.1, 0.15) is 17.0 Å². The van der Waals surface area contributed by atoms with Crippen molar-refractivity contribution in [1.82, 2.24) is 9.29 Å². The average molecular weight is 498 g/mol. The predicted octanol–water partition coefficient (Wildman–Crippen LogP) is 4.99. The zero-order valence-corrected chi connectivity index (χ0v) is 20.1. The highest BCUT2D eigenvalue weighted by molar-refractivity contribution is 7.89. The third-order valence-corrected chi connectivity index (χ3v) is 8.44. The fourth-order valence-corrected chi connectivity index (χ4v) is 6.12. The van der Waals surface area contributed by atoms with Crippen molar-refractivity contribution < 1.29 is 22.4 Å². The van der Waals surface area contributed by atoms with Crippen LogP contribution in [0.4, 0.5) is 5.13 Å². The number of fused-ring (bicyclic) bond motifs is 1. The van der Waals surface area contributed by atoms with Gasteiger partial charge in [-0.1, -0.05) is 6.42 Å². The van der Waals surface area contributed by atoms with Crippen LogP contribution in [0.2, 0.25) is 0 Å². The number of rotatable bonds is 6. The molecule has 1 amide bonds. The van der Waals surface area contributed by atoms with Gasteiger partial charge in [0, 0.05) is 35.5 Å². The Balaban J connectivity index is 1.29. The van der Waals surface area contributed by atoms with Crippen LogP contribution in [0, 0.1) is 0 Å². The van der Waals surface area contributed by atoms with E-state index in [0.29, 0.717) is 46.6 Å². The van der Waals surface area contributed by atoms with E-state index >= 15 is 0 Å². The highest BCUT2D eigenvalue weighted by Gasteiger charge is 2.26. The van der Waals surface area contributed by atoms with E-state index in [0.717, 1.165) is 24.6 Å². The first kappa shape index (κ1) is 22.6. The van der Waals surface area contributed by atoms with Crippen molar-refractivity contribution in [2.24, 2.45) is 0 Å². The number of carbonyl (C=O) groups is 1.